The molecule has 0 radical (unpaired) electrons. The quantitative estimate of drug-likeness (QED) is 0.819. The summed E-state index contributed by atoms with van der Waals surface area (Å²) in [6.45, 7) is 3.67. The Balaban J connectivity index is 1.73. The number of halogens is 1. The molecule has 8 heteroatoms. The average Bonchev–Trinajstić information content (AvgIpc) is 3.07. The normalized spacial score (nSPS) is 17.0. The summed E-state index contributed by atoms with van der Waals surface area (Å²) in [5, 5.41) is 3.49. The fourth-order valence-electron chi connectivity index (χ4n) is 3.17. The van der Waals surface area contributed by atoms with E-state index in [0.717, 1.165) is 18.4 Å². The maximum Gasteiger partial charge on any atom is 0.265 e. The molecule has 3 N–H and O–H groups in total. The van der Waals surface area contributed by atoms with Gasteiger partial charge in [-0.25, -0.2) is 9.37 Å². The Bertz CT molecular complexity index is 822. The van der Waals surface area contributed by atoms with Crippen molar-refractivity contribution in [2.24, 2.45) is 11.7 Å². The number of aromatic nitrogens is 1. The van der Waals surface area contributed by atoms with Crippen molar-refractivity contribution >= 4 is 23.2 Å². The van der Waals surface area contributed by atoms with Crippen LogP contribution in [-0.4, -0.2) is 47.9 Å². The van der Waals surface area contributed by atoms with Gasteiger partial charge in [-0.05, 0) is 44.0 Å². The summed E-state index contributed by atoms with van der Waals surface area (Å²) in [4.78, 5) is 32.0. The first kappa shape index (κ1) is 19.4. The number of rotatable bonds is 5. The molecule has 144 valence electrons. The minimum atomic E-state index is -0.310. The summed E-state index contributed by atoms with van der Waals surface area (Å²) >= 11 is 1.30. The molecule has 1 saturated heterocycles. The van der Waals surface area contributed by atoms with Crippen LogP contribution in [0.2, 0.25) is 0 Å². The van der Waals surface area contributed by atoms with Crippen molar-refractivity contribution in [2.45, 2.75) is 19.8 Å². The van der Waals surface area contributed by atoms with E-state index < -0.39 is 0 Å². The van der Waals surface area contributed by atoms with Gasteiger partial charge in [0, 0.05) is 31.7 Å². The van der Waals surface area contributed by atoms with Crippen LogP contribution < -0.4 is 11.1 Å². The fraction of sp³-hybridized carbons (Fsp3) is 0.421. The smallest absolute Gasteiger partial charge is 0.265 e. The van der Waals surface area contributed by atoms with E-state index in [1.165, 1.54) is 23.5 Å². The number of benzene rings is 1. The SMILES string of the molecule is Cc1nc(-c2ccc(F)cc2)sc1C(=O)N1CCCC(C(=O)NCCN)C1. The van der Waals surface area contributed by atoms with Crippen LogP contribution in [0.15, 0.2) is 24.3 Å². The maximum atomic E-state index is 13.1. The van der Waals surface area contributed by atoms with E-state index in [4.69, 9.17) is 5.73 Å². The molecule has 1 aromatic heterocycles. The number of nitrogens with zero attached hydrogens (tertiary/aromatic N) is 2. The molecule has 0 spiro atoms. The van der Waals surface area contributed by atoms with Crippen LogP contribution in [0.25, 0.3) is 10.6 Å². The van der Waals surface area contributed by atoms with Gasteiger partial charge >= 0.3 is 0 Å². The summed E-state index contributed by atoms with van der Waals surface area (Å²) in [7, 11) is 0. The molecule has 0 aliphatic carbocycles. The molecule has 2 amide bonds. The highest BCUT2D eigenvalue weighted by atomic mass is 32.1. The van der Waals surface area contributed by atoms with Gasteiger partial charge in [-0.3, -0.25) is 9.59 Å². The average molecular weight is 390 g/mol. The lowest BCUT2D eigenvalue weighted by Gasteiger charge is -2.31. The zero-order chi connectivity index (χ0) is 19.4. The Morgan fingerprint density at radius 3 is 2.81 bits per heavy atom. The first-order valence-electron chi connectivity index (χ1n) is 9.00. The molecule has 1 aliphatic heterocycles. The second-order valence-corrected chi connectivity index (χ2v) is 7.61. The Labute approximate surface area is 161 Å². The van der Waals surface area contributed by atoms with Crippen molar-refractivity contribution in [3.8, 4) is 10.6 Å². The van der Waals surface area contributed by atoms with Crippen LogP contribution in [0.1, 0.15) is 28.2 Å². The number of piperidine rings is 1. The lowest BCUT2D eigenvalue weighted by molar-refractivity contribution is -0.126. The highest BCUT2D eigenvalue weighted by molar-refractivity contribution is 7.17. The van der Waals surface area contributed by atoms with Gasteiger partial charge in [-0.2, -0.15) is 0 Å². The van der Waals surface area contributed by atoms with E-state index >= 15 is 0 Å². The Hall–Kier alpha value is -2.32. The number of hydrogen-bond acceptors (Lipinski definition) is 5. The van der Waals surface area contributed by atoms with E-state index in [1.54, 1.807) is 24.0 Å². The van der Waals surface area contributed by atoms with Crippen molar-refractivity contribution < 1.29 is 14.0 Å². The predicted molar refractivity (Wildman–Crippen MR) is 103 cm³/mol. The van der Waals surface area contributed by atoms with Crippen LogP contribution >= 0.6 is 11.3 Å². The minimum Gasteiger partial charge on any atom is -0.355 e. The standard InChI is InChI=1S/C19H23FN4O2S/c1-12-16(27-18(23-12)13-4-6-15(20)7-5-13)19(26)24-10-2-3-14(11-24)17(25)22-9-8-21/h4-7,14H,2-3,8-11,21H2,1H3,(H,22,25). The third-order valence-electron chi connectivity index (χ3n) is 4.60. The van der Waals surface area contributed by atoms with E-state index in [9.17, 15) is 14.0 Å². The van der Waals surface area contributed by atoms with Crippen molar-refractivity contribution in [2.75, 3.05) is 26.2 Å². The summed E-state index contributed by atoms with van der Waals surface area (Å²) in [5.41, 5.74) is 6.86. The second-order valence-electron chi connectivity index (χ2n) is 6.61. The van der Waals surface area contributed by atoms with Crippen molar-refractivity contribution in [1.82, 2.24) is 15.2 Å². The Morgan fingerprint density at radius 1 is 1.37 bits per heavy atom. The minimum absolute atomic E-state index is 0.0500. The molecule has 1 aliphatic rings. The number of carbonyl (C=O) groups excluding carboxylic acids is 2. The fourth-order valence-corrected chi connectivity index (χ4v) is 4.21. The molecule has 0 saturated carbocycles. The highest BCUT2D eigenvalue weighted by Gasteiger charge is 2.30. The number of nitrogens with two attached hydrogens (primary N) is 1. The first-order chi connectivity index (χ1) is 13.0. The van der Waals surface area contributed by atoms with Crippen molar-refractivity contribution in [3.05, 3.63) is 40.7 Å². The van der Waals surface area contributed by atoms with Crippen molar-refractivity contribution in [3.63, 3.8) is 0 Å². The molecule has 0 bridgehead atoms. The molecule has 1 fully saturated rings. The largest absolute Gasteiger partial charge is 0.355 e. The Kier molecular flexibility index (Phi) is 6.18. The monoisotopic (exact) mass is 390 g/mol. The molecule has 27 heavy (non-hydrogen) atoms. The van der Waals surface area contributed by atoms with Gasteiger partial charge in [-0.15, -0.1) is 11.3 Å². The highest BCUT2D eigenvalue weighted by Crippen LogP contribution is 2.30. The molecule has 1 aromatic carbocycles. The van der Waals surface area contributed by atoms with Crippen LogP contribution in [0.5, 0.6) is 0 Å². The van der Waals surface area contributed by atoms with E-state index in [1.807, 2.05) is 0 Å². The Morgan fingerprint density at radius 2 is 2.11 bits per heavy atom. The second kappa shape index (κ2) is 8.58. The predicted octanol–water partition coefficient (Wildman–Crippen LogP) is 2.18. The van der Waals surface area contributed by atoms with E-state index in [-0.39, 0.29) is 23.5 Å². The van der Waals surface area contributed by atoms with E-state index in [2.05, 4.69) is 10.3 Å². The summed E-state index contributed by atoms with van der Waals surface area (Å²) in [6.07, 6.45) is 1.55. The van der Waals surface area contributed by atoms with Crippen LogP contribution in [0.4, 0.5) is 4.39 Å². The number of nitrogens with one attached hydrogen (secondary N) is 1. The molecule has 1 atom stereocenters. The zero-order valence-corrected chi connectivity index (χ0v) is 16.0. The number of likely N-dealkylation sites (tertiary alicyclic amines) is 1. The summed E-state index contributed by atoms with van der Waals surface area (Å²) in [5.74, 6) is -0.671. The number of carbonyl (C=O) groups is 2. The van der Waals surface area contributed by atoms with Crippen molar-refractivity contribution in [1.29, 1.82) is 0 Å². The third kappa shape index (κ3) is 4.51. The summed E-state index contributed by atoms with van der Waals surface area (Å²) in [6, 6.07) is 6.06. The first-order valence-corrected chi connectivity index (χ1v) is 9.81. The van der Waals surface area contributed by atoms with Crippen LogP contribution in [0, 0.1) is 18.7 Å². The summed E-state index contributed by atoms with van der Waals surface area (Å²) < 4.78 is 13.1. The molecular formula is C19H23FN4O2S. The molecule has 1 unspecified atom stereocenters. The topological polar surface area (TPSA) is 88.3 Å². The van der Waals surface area contributed by atoms with E-state index in [0.29, 0.717) is 41.8 Å². The number of amides is 2. The van der Waals surface area contributed by atoms with Gasteiger partial charge in [0.2, 0.25) is 5.91 Å². The molecule has 2 heterocycles. The van der Waals surface area contributed by atoms with Gasteiger partial charge < -0.3 is 16.0 Å². The van der Waals surface area contributed by atoms with Gasteiger partial charge in [-0.1, -0.05) is 0 Å². The third-order valence-corrected chi connectivity index (χ3v) is 5.80. The number of hydrogen-bond donors (Lipinski definition) is 2. The van der Waals surface area contributed by atoms with Gasteiger partial charge in [0.05, 0.1) is 11.6 Å². The van der Waals surface area contributed by atoms with Crippen LogP contribution in [-0.2, 0) is 4.79 Å². The zero-order valence-electron chi connectivity index (χ0n) is 15.2. The molecule has 3 rings (SSSR count). The van der Waals surface area contributed by atoms with Gasteiger partial charge in [0.15, 0.2) is 0 Å². The van der Waals surface area contributed by atoms with Gasteiger partial charge in [0.25, 0.3) is 5.91 Å². The van der Waals surface area contributed by atoms with Crippen LogP contribution in [0.3, 0.4) is 0 Å². The molecular weight excluding hydrogens is 367 g/mol. The molecule has 6 nitrogen and oxygen atoms in total. The number of thiazole rings is 1. The maximum absolute atomic E-state index is 13.1. The lowest BCUT2D eigenvalue weighted by Crippen LogP contribution is -2.46. The molecule has 2 aromatic rings. The number of aryl methyl sites for hydroxylation is 1. The van der Waals surface area contributed by atoms with Gasteiger partial charge in [0.1, 0.15) is 15.7 Å². The lowest BCUT2D eigenvalue weighted by atomic mass is 9.97.